The van der Waals surface area contributed by atoms with E-state index < -0.39 is 0 Å². The minimum absolute atomic E-state index is 0.730. The van der Waals surface area contributed by atoms with Crippen LogP contribution < -0.4 is 0 Å². The second-order valence-electron chi connectivity index (χ2n) is 6.03. The van der Waals surface area contributed by atoms with Gasteiger partial charge in [0.1, 0.15) is 0 Å². The first-order valence-electron chi connectivity index (χ1n) is 7.84. The van der Waals surface area contributed by atoms with Crippen LogP contribution in [0.3, 0.4) is 0 Å². The molecule has 21 heavy (non-hydrogen) atoms. The van der Waals surface area contributed by atoms with Gasteiger partial charge in [0, 0.05) is 18.3 Å². The minimum Gasteiger partial charge on any atom is -0.300 e. The molecule has 2 heteroatoms. The van der Waals surface area contributed by atoms with E-state index in [1.807, 2.05) is 6.07 Å². The standard InChI is InChI=1S/C19H20N2/c1-2-4-16(5-3-1)19-7-6-17(14-20-19)18-10-13-21-11-8-15(18)9-12-21/h1-7,10,14-15H,8-9,11-13H2. The Morgan fingerprint density at radius 3 is 2.43 bits per heavy atom. The molecule has 0 radical (unpaired) electrons. The number of fused-ring (bicyclic) bond motifs is 3. The average Bonchev–Trinajstić information content (AvgIpc) is 2.90. The van der Waals surface area contributed by atoms with Gasteiger partial charge in [0.25, 0.3) is 0 Å². The van der Waals surface area contributed by atoms with Crippen molar-refractivity contribution in [2.45, 2.75) is 12.8 Å². The number of hydrogen-bond acceptors (Lipinski definition) is 2. The maximum absolute atomic E-state index is 4.68. The van der Waals surface area contributed by atoms with E-state index in [1.54, 1.807) is 0 Å². The van der Waals surface area contributed by atoms with Gasteiger partial charge in [0.05, 0.1) is 5.69 Å². The van der Waals surface area contributed by atoms with Crippen LogP contribution in [0.1, 0.15) is 18.4 Å². The van der Waals surface area contributed by atoms with Crippen molar-refractivity contribution < 1.29 is 0 Å². The lowest BCUT2D eigenvalue weighted by Gasteiger charge is -2.28. The Bertz CT molecular complexity index is 635. The molecule has 0 saturated carbocycles. The van der Waals surface area contributed by atoms with E-state index >= 15 is 0 Å². The number of nitrogens with zero attached hydrogens (tertiary/aromatic N) is 2. The molecular weight excluding hydrogens is 256 g/mol. The van der Waals surface area contributed by atoms with E-state index in [2.05, 4.69) is 58.6 Å². The van der Waals surface area contributed by atoms with Crippen molar-refractivity contribution in [2.24, 2.45) is 5.92 Å². The van der Waals surface area contributed by atoms with Crippen molar-refractivity contribution in [3.63, 3.8) is 0 Å². The van der Waals surface area contributed by atoms with Crippen LogP contribution >= 0.6 is 0 Å². The molecule has 2 bridgehead atoms. The molecule has 4 heterocycles. The van der Waals surface area contributed by atoms with E-state index in [1.165, 1.54) is 42.6 Å². The van der Waals surface area contributed by atoms with E-state index in [4.69, 9.17) is 0 Å². The Kier molecular flexibility index (Phi) is 3.32. The van der Waals surface area contributed by atoms with E-state index in [0.29, 0.717) is 0 Å². The number of rotatable bonds is 2. The molecule has 1 fully saturated rings. The van der Waals surface area contributed by atoms with Crippen LogP contribution in [0, 0.1) is 5.92 Å². The summed E-state index contributed by atoms with van der Waals surface area (Å²) in [7, 11) is 0. The van der Waals surface area contributed by atoms with Gasteiger partial charge in [-0.15, -0.1) is 0 Å². The predicted octanol–water partition coefficient (Wildman–Crippen LogP) is 3.86. The van der Waals surface area contributed by atoms with Gasteiger partial charge < -0.3 is 0 Å². The van der Waals surface area contributed by atoms with Crippen molar-refractivity contribution in [2.75, 3.05) is 19.6 Å². The molecule has 0 N–H and O–H groups in total. The molecule has 2 aromatic rings. The number of piperidine rings is 1. The van der Waals surface area contributed by atoms with Gasteiger partial charge in [0.2, 0.25) is 0 Å². The molecule has 0 aliphatic carbocycles. The number of aromatic nitrogens is 1. The maximum atomic E-state index is 4.68. The Morgan fingerprint density at radius 2 is 1.71 bits per heavy atom. The van der Waals surface area contributed by atoms with E-state index in [9.17, 15) is 0 Å². The predicted molar refractivity (Wildman–Crippen MR) is 86.8 cm³/mol. The highest BCUT2D eigenvalue weighted by molar-refractivity contribution is 5.69. The highest BCUT2D eigenvalue weighted by Crippen LogP contribution is 2.34. The SMILES string of the molecule is C1=C(c2ccc(-c3ccccc3)nc2)C2CCN(C1)CC2. The summed E-state index contributed by atoms with van der Waals surface area (Å²) in [6.45, 7) is 3.60. The van der Waals surface area contributed by atoms with Crippen LogP contribution in [0.2, 0.25) is 0 Å². The summed E-state index contributed by atoms with van der Waals surface area (Å²) in [4.78, 5) is 7.23. The first-order valence-corrected chi connectivity index (χ1v) is 7.84. The van der Waals surface area contributed by atoms with E-state index in [-0.39, 0.29) is 0 Å². The largest absolute Gasteiger partial charge is 0.300 e. The highest BCUT2D eigenvalue weighted by atomic mass is 15.1. The van der Waals surface area contributed by atoms with Gasteiger partial charge in [-0.1, -0.05) is 42.5 Å². The molecule has 3 aliphatic rings. The lowest BCUT2D eigenvalue weighted by molar-refractivity contribution is 0.236. The Labute approximate surface area is 126 Å². The molecule has 1 saturated heterocycles. The fraction of sp³-hybridized carbons (Fsp3) is 0.316. The van der Waals surface area contributed by atoms with Crippen molar-refractivity contribution in [1.29, 1.82) is 0 Å². The van der Waals surface area contributed by atoms with Gasteiger partial charge in [-0.25, -0.2) is 0 Å². The topological polar surface area (TPSA) is 16.1 Å². The second kappa shape index (κ2) is 5.45. The fourth-order valence-electron chi connectivity index (χ4n) is 3.52. The lowest BCUT2D eigenvalue weighted by atomic mass is 9.87. The number of hydrogen-bond donors (Lipinski definition) is 0. The Balaban J connectivity index is 1.63. The van der Waals surface area contributed by atoms with Gasteiger partial charge >= 0.3 is 0 Å². The van der Waals surface area contributed by atoms with Crippen LogP contribution in [0.5, 0.6) is 0 Å². The zero-order chi connectivity index (χ0) is 14.1. The van der Waals surface area contributed by atoms with Gasteiger partial charge in [-0.3, -0.25) is 9.88 Å². The van der Waals surface area contributed by atoms with Gasteiger partial charge in [-0.2, -0.15) is 0 Å². The van der Waals surface area contributed by atoms with Crippen molar-refractivity contribution in [3.8, 4) is 11.3 Å². The van der Waals surface area contributed by atoms with Gasteiger partial charge in [0.15, 0.2) is 0 Å². The van der Waals surface area contributed by atoms with Crippen LogP contribution in [0.15, 0.2) is 54.7 Å². The van der Waals surface area contributed by atoms with Crippen LogP contribution in [-0.4, -0.2) is 29.5 Å². The minimum atomic E-state index is 0.730. The summed E-state index contributed by atoms with van der Waals surface area (Å²) in [5, 5.41) is 0. The first-order chi connectivity index (χ1) is 10.4. The monoisotopic (exact) mass is 276 g/mol. The molecule has 1 aromatic carbocycles. The van der Waals surface area contributed by atoms with Crippen LogP contribution in [0.25, 0.3) is 16.8 Å². The van der Waals surface area contributed by atoms with Crippen LogP contribution in [0.4, 0.5) is 0 Å². The number of benzene rings is 1. The molecule has 0 atom stereocenters. The lowest BCUT2D eigenvalue weighted by Crippen LogP contribution is -2.31. The van der Waals surface area contributed by atoms with Gasteiger partial charge in [-0.05, 0) is 49.1 Å². The quantitative estimate of drug-likeness (QED) is 0.828. The Morgan fingerprint density at radius 1 is 0.905 bits per heavy atom. The third kappa shape index (κ3) is 2.52. The maximum Gasteiger partial charge on any atom is 0.0702 e. The molecule has 2 nitrogen and oxygen atoms in total. The highest BCUT2D eigenvalue weighted by Gasteiger charge is 2.26. The van der Waals surface area contributed by atoms with Crippen molar-refractivity contribution in [3.05, 3.63) is 60.3 Å². The number of pyridine rings is 1. The Hall–Kier alpha value is -1.93. The molecule has 0 spiro atoms. The average molecular weight is 276 g/mol. The first kappa shape index (κ1) is 12.8. The van der Waals surface area contributed by atoms with E-state index in [0.717, 1.165) is 18.2 Å². The molecular formula is C19H20N2. The fourth-order valence-corrected chi connectivity index (χ4v) is 3.52. The molecule has 3 aliphatic heterocycles. The number of allylic oxidation sites excluding steroid dienone is 1. The molecule has 5 rings (SSSR count). The summed E-state index contributed by atoms with van der Waals surface area (Å²) in [5.41, 5.74) is 5.07. The third-order valence-corrected chi connectivity index (χ3v) is 4.76. The smallest absolute Gasteiger partial charge is 0.0702 e. The normalized spacial score (nSPS) is 24.5. The van der Waals surface area contributed by atoms with Crippen molar-refractivity contribution in [1.82, 2.24) is 9.88 Å². The molecule has 0 unspecified atom stereocenters. The van der Waals surface area contributed by atoms with Crippen LogP contribution in [-0.2, 0) is 0 Å². The summed E-state index contributed by atoms with van der Waals surface area (Å²) >= 11 is 0. The molecule has 0 amide bonds. The summed E-state index contributed by atoms with van der Waals surface area (Å²) < 4.78 is 0. The summed E-state index contributed by atoms with van der Waals surface area (Å²) in [6.07, 6.45) is 7.07. The van der Waals surface area contributed by atoms with Crippen molar-refractivity contribution >= 4 is 5.57 Å². The third-order valence-electron chi connectivity index (χ3n) is 4.76. The molecule has 1 aromatic heterocycles. The summed E-state index contributed by atoms with van der Waals surface area (Å²) in [5.74, 6) is 0.730. The molecule has 106 valence electrons. The zero-order valence-corrected chi connectivity index (χ0v) is 12.2. The summed E-state index contributed by atoms with van der Waals surface area (Å²) in [6, 6.07) is 14.8. The second-order valence-corrected chi connectivity index (χ2v) is 6.03. The zero-order valence-electron chi connectivity index (χ0n) is 12.2.